The van der Waals surface area contributed by atoms with Gasteiger partial charge in [-0.05, 0) is 24.6 Å². The molecule has 0 bridgehead atoms. The molecule has 4 heteroatoms. The van der Waals surface area contributed by atoms with Crippen molar-refractivity contribution in [2.24, 2.45) is 0 Å². The number of rotatable bonds is 3. The van der Waals surface area contributed by atoms with E-state index in [1.54, 1.807) is 0 Å². The highest BCUT2D eigenvalue weighted by atomic mass is 32.2. The van der Waals surface area contributed by atoms with Gasteiger partial charge in [-0.25, -0.2) is 4.98 Å². The first-order chi connectivity index (χ1) is 9.33. The predicted molar refractivity (Wildman–Crippen MR) is 88.5 cm³/mol. The number of benzene rings is 1. The van der Waals surface area contributed by atoms with Crippen LogP contribution < -0.4 is 5.32 Å². The van der Waals surface area contributed by atoms with Crippen LogP contribution in [0, 0.1) is 6.92 Å². The molecular weight excluding hydrogens is 272 g/mol. The van der Waals surface area contributed by atoms with Crippen LogP contribution in [-0.2, 0) is 0 Å². The lowest BCUT2D eigenvalue weighted by Crippen LogP contribution is -2.23. The van der Waals surface area contributed by atoms with E-state index >= 15 is 0 Å². The summed E-state index contributed by atoms with van der Waals surface area (Å²) in [6.07, 6.45) is 0. The summed E-state index contributed by atoms with van der Waals surface area (Å²) in [6, 6.07) is 10.5. The molecule has 2 aromatic rings. The lowest BCUT2D eigenvalue weighted by Gasteiger charge is -2.22. The van der Waals surface area contributed by atoms with Crippen molar-refractivity contribution < 1.29 is 0 Å². The number of hydrogen-bond donors (Lipinski definition) is 1. The molecule has 100 valence electrons. The summed E-state index contributed by atoms with van der Waals surface area (Å²) in [4.78, 5) is 4.73. The first kappa shape index (κ1) is 13.1. The molecule has 1 unspecified atom stereocenters. The molecule has 1 fully saturated rings. The molecule has 1 saturated heterocycles. The first-order valence-electron chi connectivity index (χ1n) is 6.62. The van der Waals surface area contributed by atoms with Gasteiger partial charge >= 0.3 is 0 Å². The van der Waals surface area contributed by atoms with E-state index < -0.39 is 0 Å². The molecule has 1 N–H and O–H groups in total. The van der Waals surface area contributed by atoms with Gasteiger partial charge in [-0.3, -0.25) is 0 Å². The maximum absolute atomic E-state index is 4.73. The third-order valence-corrected chi connectivity index (χ3v) is 6.14. The fourth-order valence-electron chi connectivity index (χ4n) is 2.27. The molecule has 0 spiro atoms. The van der Waals surface area contributed by atoms with Crippen LogP contribution in [0.3, 0.4) is 0 Å². The molecule has 0 aliphatic carbocycles. The number of hydrogen-bond acceptors (Lipinski definition) is 4. The van der Waals surface area contributed by atoms with Gasteiger partial charge in [0.1, 0.15) is 5.82 Å². The lowest BCUT2D eigenvalue weighted by atomic mass is 10.1. The van der Waals surface area contributed by atoms with Crippen LogP contribution >= 0.6 is 23.5 Å². The van der Waals surface area contributed by atoms with Crippen LogP contribution in [0.4, 0.5) is 5.82 Å². The van der Waals surface area contributed by atoms with Gasteiger partial charge < -0.3 is 5.32 Å². The molecule has 1 atom stereocenters. The van der Waals surface area contributed by atoms with Crippen molar-refractivity contribution in [3.8, 4) is 0 Å². The van der Waals surface area contributed by atoms with Gasteiger partial charge in [-0.1, -0.05) is 18.2 Å². The van der Waals surface area contributed by atoms with Crippen molar-refractivity contribution >= 4 is 40.2 Å². The number of aryl methyl sites for hydroxylation is 1. The molecule has 1 aliphatic heterocycles. The van der Waals surface area contributed by atoms with E-state index in [2.05, 4.69) is 60.0 Å². The summed E-state index contributed by atoms with van der Waals surface area (Å²) in [5.74, 6) is 4.87. The van der Waals surface area contributed by atoms with E-state index in [9.17, 15) is 0 Å². The molecule has 0 saturated carbocycles. The minimum Gasteiger partial charge on any atom is -0.369 e. The molecule has 1 aromatic heterocycles. The Morgan fingerprint density at radius 3 is 3.05 bits per heavy atom. The zero-order valence-corrected chi connectivity index (χ0v) is 12.7. The second-order valence-corrected chi connectivity index (χ2v) is 7.35. The van der Waals surface area contributed by atoms with Crippen molar-refractivity contribution in [2.75, 3.05) is 29.1 Å². The fraction of sp³-hybridized carbons (Fsp3) is 0.400. The summed E-state index contributed by atoms with van der Waals surface area (Å²) < 4.78 is 0. The SMILES string of the molecule is Cc1cc2ccccc2nc1NCC1CSCCS1. The molecule has 3 rings (SSSR count). The van der Waals surface area contributed by atoms with Crippen LogP contribution in [0.2, 0.25) is 0 Å². The molecule has 19 heavy (non-hydrogen) atoms. The van der Waals surface area contributed by atoms with Crippen molar-refractivity contribution in [3.05, 3.63) is 35.9 Å². The standard InChI is InChI=1S/C15H18N2S2/c1-11-8-12-4-2-3-5-14(12)17-15(11)16-9-13-10-18-6-7-19-13/h2-5,8,13H,6-7,9-10H2,1H3,(H,16,17). The minimum atomic E-state index is 0.714. The number of para-hydroxylation sites is 1. The van der Waals surface area contributed by atoms with E-state index in [4.69, 9.17) is 4.98 Å². The van der Waals surface area contributed by atoms with Crippen LogP contribution in [0.25, 0.3) is 10.9 Å². The molecule has 0 radical (unpaired) electrons. The number of thioether (sulfide) groups is 2. The predicted octanol–water partition coefficient (Wildman–Crippen LogP) is 3.80. The monoisotopic (exact) mass is 290 g/mol. The first-order valence-corrected chi connectivity index (χ1v) is 8.83. The topological polar surface area (TPSA) is 24.9 Å². The molecule has 1 aliphatic rings. The average Bonchev–Trinajstić information content (AvgIpc) is 2.46. The van der Waals surface area contributed by atoms with Gasteiger partial charge in [0.2, 0.25) is 0 Å². The highest BCUT2D eigenvalue weighted by Crippen LogP contribution is 2.25. The lowest BCUT2D eigenvalue weighted by molar-refractivity contribution is 0.992. The van der Waals surface area contributed by atoms with Crippen molar-refractivity contribution in [1.29, 1.82) is 0 Å². The highest BCUT2D eigenvalue weighted by Gasteiger charge is 2.14. The maximum atomic E-state index is 4.73. The Morgan fingerprint density at radius 2 is 2.21 bits per heavy atom. The fourth-order valence-corrected chi connectivity index (χ4v) is 4.88. The van der Waals surface area contributed by atoms with Gasteiger partial charge in [0.25, 0.3) is 0 Å². The van der Waals surface area contributed by atoms with E-state index in [1.165, 1.54) is 28.2 Å². The van der Waals surface area contributed by atoms with Gasteiger partial charge in [-0.15, -0.1) is 0 Å². The molecule has 2 heterocycles. The quantitative estimate of drug-likeness (QED) is 0.929. The number of fused-ring (bicyclic) bond motifs is 1. The Labute approximate surface area is 122 Å². The van der Waals surface area contributed by atoms with Gasteiger partial charge in [0, 0.05) is 34.4 Å². The number of aromatic nitrogens is 1. The van der Waals surface area contributed by atoms with E-state index in [-0.39, 0.29) is 0 Å². The number of nitrogens with zero attached hydrogens (tertiary/aromatic N) is 1. The van der Waals surface area contributed by atoms with E-state index in [0.29, 0.717) is 5.25 Å². The minimum absolute atomic E-state index is 0.714. The number of nitrogens with one attached hydrogen (secondary N) is 1. The van der Waals surface area contributed by atoms with Crippen LogP contribution in [-0.4, -0.2) is 34.0 Å². The highest BCUT2D eigenvalue weighted by molar-refractivity contribution is 8.06. The Morgan fingerprint density at radius 1 is 1.32 bits per heavy atom. The van der Waals surface area contributed by atoms with Gasteiger partial charge in [0.15, 0.2) is 0 Å². The Hall–Kier alpha value is -0.870. The van der Waals surface area contributed by atoms with Crippen molar-refractivity contribution in [1.82, 2.24) is 4.98 Å². The van der Waals surface area contributed by atoms with Crippen LogP contribution in [0.1, 0.15) is 5.56 Å². The maximum Gasteiger partial charge on any atom is 0.129 e. The summed E-state index contributed by atoms with van der Waals surface area (Å²) in [6.45, 7) is 3.15. The summed E-state index contributed by atoms with van der Waals surface area (Å²) >= 11 is 4.14. The zero-order chi connectivity index (χ0) is 13.1. The Kier molecular flexibility index (Phi) is 4.18. The van der Waals surface area contributed by atoms with E-state index in [1.807, 2.05) is 6.07 Å². The van der Waals surface area contributed by atoms with Crippen LogP contribution in [0.15, 0.2) is 30.3 Å². The molecule has 1 aromatic carbocycles. The van der Waals surface area contributed by atoms with Crippen molar-refractivity contribution in [3.63, 3.8) is 0 Å². The molecule has 0 amide bonds. The molecular formula is C15H18N2S2. The van der Waals surface area contributed by atoms with E-state index in [0.717, 1.165) is 17.9 Å². The normalized spacial score (nSPS) is 19.5. The van der Waals surface area contributed by atoms with Gasteiger partial charge in [-0.2, -0.15) is 23.5 Å². The third-order valence-electron chi connectivity index (χ3n) is 3.30. The summed E-state index contributed by atoms with van der Waals surface area (Å²) in [5.41, 5.74) is 2.30. The second kappa shape index (κ2) is 6.06. The summed E-state index contributed by atoms with van der Waals surface area (Å²) in [7, 11) is 0. The zero-order valence-electron chi connectivity index (χ0n) is 11.1. The third kappa shape index (κ3) is 3.18. The summed E-state index contributed by atoms with van der Waals surface area (Å²) in [5, 5.41) is 5.46. The van der Waals surface area contributed by atoms with Crippen molar-refractivity contribution in [2.45, 2.75) is 12.2 Å². The largest absolute Gasteiger partial charge is 0.369 e. The number of anilines is 1. The molecule has 2 nitrogen and oxygen atoms in total. The van der Waals surface area contributed by atoms with Crippen LogP contribution in [0.5, 0.6) is 0 Å². The average molecular weight is 290 g/mol. The number of pyridine rings is 1. The second-order valence-electron chi connectivity index (χ2n) is 4.80. The smallest absolute Gasteiger partial charge is 0.129 e. The van der Waals surface area contributed by atoms with Gasteiger partial charge in [0.05, 0.1) is 5.52 Å². The Balaban J connectivity index is 1.74. The Bertz CT molecular complexity index is 565.